The summed E-state index contributed by atoms with van der Waals surface area (Å²) < 4.78 is 11.1. The molecule has 9 heteroatoms. The summed E-state index contributed by atoms with van der Waals surface area (Å²) in [5.41, 5.74) is 1.40. The maximum absolute atomic E-state index is 11.3. The summed E-state index contributed by atoms with van der Waals surface area (Å²) in [6, 6.07) is 7.04. The van der Waals surface area contributed by atoms with Crippen LogP contribution in [-0.2, 0) is 14.5 Å². The van der Waals surface area contributed by atoms with Gasteiger partial charge in [0.05, 0.1) is 10.7 Å². The second-order valence-electron chi connectivity index (χ2n) is 5.00. The lowest BCUT2D eigenvalue weighted by Gasteiger charge is -2.10. The van der Waals surface area contributed by atoms with Crippen LogP contribution in [0.2, 0.25) is 0 Å². The van der Waals surface area contributed by atoms with Crippen molar-refractivity contribution in [2.75, 3.05) is 31.9 Å². The molecule has 0 aliphatic heterocycles. The van der Waals surface area contributed by atoms with Gasteiger partial charge in [0.2, 0.25) is 11.8 Å². The minimum atomic E-state index is 0.0135. The Kier molecular flexibility index (Phi) is 8.42. The van der Waals surface area contributed by atoms with Gasteiger partial charge < -0.3 is 14.8 Å². The van der Waals surface area contributed by atoms with Crippen molar-refractivity contribution in [3.63, 3.8) is 0 Å². The Morgan fingerprint density at radius 1 is 1.19 bits per heavy atom. The molecule has 0 bridgehead atoms. The SMILES string of the molecule is CCOCOOCCOc1nc(Nc2ccc(C(C)=O)cc2)ncc1Br. The number of halogens is 1. The number of rotatable bonds is 11. The van der Waals surface area contributed by atoms with E-state index in [1.165, 1.54) is 6.92 Å². The Labute approximate surface area is 159 Å². The zero-order valence-corrected chi connectivity index (χ0v) is 16.1. The predicted molar refractivity (Wildman–Crippen MR) is 98.5 cm³/mol. The van der Waals surface area contributed by atoms with Gasteiger partial charge in [0, 0.05) is 17.9 Å². The summed E-state index contributed by atoms with van der Waals surface area (Å²) in [7, 11) is 0. The Balaban J connectivity index is 1.87. The number of benzene rings is 1. The second kappa shape index (κ2) is 10.8. The molecule has 1 N–H and O–H groups in total. The molecule has 1 heterocycles. The minimum absolute atomic E-state index is 0.0135. The van der Waals surface area contributed by atoms with E-state index in [0.717, 1.165) is 5.69 Å². The lowest BCUT2D eigenvalue weighted by Crippen LogP contribution is -2.10. The largest absolute Gasteiger partial charge is 0.474 e. The van der Waals surface area contributed by atoms with Gasteiger partial charge in [-0.25, -0.2) is 14.8 Å². The van der Waals surface area contributed by atoms with Gasteiger partial charge >= 0.3 is 0 Å². The second-order valence-corrected chi connectivity index (χ2v) is 5.86. The quantitative estimate of drug-likeness (QED) is 0.192. The average molecular weight is 426 g/mol. The van der Waals surface area contributed by atoms with Crippen LogP contribution in [-0.4, -0.2) is 42.4 Å². The molecule has 8 nitrogen and oxygen atoms in total. The van der Waals surface area contributed by atoms with Crippen molar-refractivity contribution in [2.45, 2.75) is 13.8 Å². The monoisotopic (exact) mass is 425 g/mol. The molecule has 0 spiro atoms. The highest BCUT2D eigenvalue weighted by molar-refractivity contribution is 9.10. The normalized spacial score (nSPS) is 10.6. The maximum atomic E-state index is 11.3. The standard InChI is InChI=1S/C17H20BrN3O5/c1-3-23-11-26-25-9-8-24-16-15(18)10-19-17(21-16)20-14-6-4-13(5-7-14)12(2)22/h4-7,10H,3,8-9,11H2,1-2H3,(H,19,20,21). The number of carbonyl (C=O) groups excluding carboxylic acids is 1. The molecule has 1 aromatic carbocycles. The molecule has 2 rings (SSSR count). The number of Topliss-reactive ketones (excluding diaryl/α,β-unsaturated/α-hetero) is 1. The fourth-order valence-electron chi connectivity index (χ4n) is 1.81. The summed E-state index contributed by atoms with van der Waals surface area (Å²) in [6.45, 7) is 4.48. The molecule has 0 saturated heterocycles. The molecular weight excluding hydrogens is 406 g/mol. The molecular formula is C17H20BrN3O5. The molecule has 0 atom stereocenters. The van der Waals surface area contributed by atoms with Crippen LogP contribution in [0.4, 0.5) is 11.6 Å². The highest BCUT2D eigenvalue weighted by atomic mass is 79.9. The average Bonchev–Trinajstić information content (AvgIpc) is 2.64. The van der Waals surface area contributed by atoms with Gasteiger partial charge in [0.25, 0.3) is 0 Å². The van der Waals surface area contributed by atoms with E-state index in [4.69, 9.17) is 19.2 Å². The molecule has 1 aromatic heterocycles. The molecule has 0 unspecified atom stereocenters. The number of carbonyl (C=O) groups is 1. The molecule has 26 heavy (non-hydrogen) atoms. The molecule has 0 aliphatic rings. The van der Waals surface area contributed by atoms with Crippen LogP contribution in [0.3, 0.4) is 0 Å². The zero-order chi connectivity index (χ0) is 18.8. The van der Waals surface area contributed by atoms with Crippen molar-refractivity contribution in [1.29, 1.82) is 0 Å². The van der Waals surface area contributed by atoms with E-state index in [1.807, 2.05) is 6.92 Å². The number of nitrogens with one attached hydrogen (secondary N) is 1. The third kappa shape index (κ3) is 6.68. The van der Waals surface area contributed by atoms with E-state index in [2.05, 4.69) is 31.2 Å². The van der Waals surface area contributed by atoms with E-state index in [0.29, 0.717) is 28.5 Å². The van der Waals surface area contributed by atoms with Gasteiger partial charge in [0.15, 0.2) is 12.6 Å². The first kappa shape index (κ1) is 20.2. The molecule has 0 radical (unpaired) electrons. The van der Waals surface area contributed by atoms with Crippen LogP contribution in [0.15, 0.2) is 34.9 Å². The van der Waals surface area contributed by atoms with Gasteiger partial charge in [-0.2, -0.15) is 4.98 Å². The minimum Gasteiger partial charge on any atom is -0.474 e. The van der Waals surface area contributed by atoms with Gasteiger partial charge in [0.1, 0.15) is 13.2 Å². The van der Waals surface area contributed by atoms with E-state index in [1.54, 1.807) is 30.5 Å². The van der Waals surface area contributed by atoms with Crippen molar-refractivity contribution in [1.82, 2.24) is 9.97 Å². The number of ketones is 1. The Bertz CT molecular complexity index is 712. The van der Waals surface area contributed by atoms with E-state index in [-0.39, 0.29) is 25.8 Å². The third-order valence-electron chi connectivity index (χ3n) is 3.08. The van der Waals surface area contributed by atoms with E-state index in [9.17, 15) is 4.79 Å². The van der Waals surface area contributed by atoms with Gasteiger partial charge in [-0.1, -0.05) is 0 Å². The molecule has 2 aromatic rings. The maximum Gasteiger partial charge on any atom is 0.232 e. The molecule has 0 fully saturated rings. The van der Waals surface area contributed by atoms with Crippen LogP contribution in [0, 0.1) is 0 Å². The number of ether oxygens (including phenoxy) is 2. The number of anilines is 2. The van der Waals surface area contributed by atoms with Crippen LogP contribution in [0.5, 0.6) is 5.88 Å². The van der Waals surface area contributed by atoms with Crippen LogP contribution in [0.25, 0.3) is 0 Å². The molecule has 0 amide bonds. The highest BCUT2D eigenvalue weighted by Crippen LogP contribution is 2.24. The topological polar surface area (TPSA) is 91.8 Å². The van der Waals surface area contributed by atoms with Crippen molar-refractivity contribution < 1.29 is 24.0 Å². The summed E-state index contributed by atoms with van der Waals surface area (Å²) in [5.74, 6) is 0.753. The Morgan fingerprint density at radius 3 is 2.65 bits per heavy atom. The van der Waals surface area contributed by atoms with E-state index >= 15 is 0 Å². The number of hydrogen-bond donors (Lipinski definition) is 1. The Hall–Kier alpha value is -2.07. The van der Waals surface area contributed by atoms with Gasteiger partial charge in [-0.15, -0.1) is 0 Å². The van der Waals surface area contributed by atoms with Crippen LogP contribution >= 0.6 is 15.9 Å². The highest BCUT2D eigenvalue weighted by Gasteiger charge is 2.07. The molecule has 140 valence electrons. The lowest BCUT2D eigenvalue weighted by atomic mass is 10.1. The first-order valence-corrected chi connectivity index (χ1v) is 8.75. The Morgan fingerprint density at radius 2 is 1.96 bits per heavy atom. The predicted octanol–water partition coefficient (Wildman–Crippen LogP) is 3.51. The fourth-order valence-corrected chi connectivity index (χ4v) is 2.12. The molecule has 0 saturated carbocycles. The fraction of sp³-hybridized carbons (Fsp3) is 0.353. The number of nitrogens with zero attached hydrogens (tertiary/aromatic N) is 2. The van der Waals surface area contributed by atoms with Crippen LogP contribution < -0.4 is 10.1 Å². The van der Waals surface area contributed by atoms with Crippen molar-refractivity contribution in [3.8, 4) is 5.88 Å². The zero-order valence-electron chi connectivity index (χ0n) is 14.5. The summed E-state index contributed by atoms with van der Waals surface area (Å²) in [5, 5.41) is 3.06. The van der Waals surface area contributed by atoms with Crippen molar-refractivity contribution in [2.24, 2.45) is 0 Å². The first-order valence-electron chi connectivity index (χ1n) is 7.95. The number of aromatic nitrogens is 2. The lowest BCUT2D eigenvalue weighted by molar-refractivity contribution is -0.337. The van der Waals surface area contributed by atoms with Crippen molar-refractivity contribution in [3.05, 3.63) is 40.5 Å². The summed E-state index contributed by atoms with van der Waals surface area (Å²) in [4.78, 5) is 29.5. The summed E-state index contributed by atoms with van der Waals surface area (Å²) in [6.07, 6.45) is 1.58. The van der Waals surface area contributed by atoms with Gasteiger partial charge in [-0.3, -0.25) is 4.79 Å². The third-order valence-corrected chi connectivity index (χ3v) is 3.63. The van der Waals surface area contributed by atoms with Crippen molar-refractivity contribution >= 4 is 33.3 Å². The number of hydrogen-bond acceptors (Lipinski definition) is 8. The van der Waals surface area contributed by atoms with Gasteiger partial charge in [-0.05, 0) is 54.0 Å². The molecule has 0 aliphatic carbocycles. The van der Waals surface area contributed by atoms with E-state index < -0.39 is 0 Å². The first-order chi connectivity index (χ1) is 12.6. The smallest absolute Gasteiger partial charge is 0.232 e. The summed E-state index contributed by atoms with van der Waals surface area (Å²) >= 11 is 3.34. The van der Waals surface area contributed by atoms with Crippen LogP contribution in [0.1, 0.15) is 24.2 Å².